The van der Waals surface area contributed by atoms with E-state index >= 15 is 0 Å². The zero-order valence-corrected chi connectivity index (χ0v) is 20.0. The van der Waals surface area contributed by atoms with Crippen LogP contribution in [0.1, 0.15) is 57.9 Å². The van der Waals surface area contributed by atoms with E-state index in [2.05, 4.69) is 46.6 Å². The molecule has 2 amide bonds. The van der Waals surface area contributed by atoms with E-state index in [4.69, 9.17) is 4.74 Å². The predicted molar refractivity (Wildman–Crippen MR) is 136 cm³/mol. The number of rotatable bonds is 8. The van der Waals surface area contributed by atoms with Gasteiger partial charge in [-0.25, -0.2) is 4.79 Å². The van der Waals surface area contributed by atoms with Crippen molar-refractivity contribution in [2.24, 2.45) is 0 Å². The number of carbonyl (C=O) groups excluding carboxylic acids is 1. The summed E-state index contributed by atoms with van der Waals surface area (Å²) in [5.41, 5.74) is 3.92. The summed E-state index contributed by atoms with van der Waals surface area (Å²) in [5, 5.41) is 7.13. The minimum atomic E-state index is -0.278. The van der Waals surface area contributed by atoms with Crippen molar-refractivity contribution in [1.82, 2.24) is 9.88 Å². The lowest BCUT2D eigenvalue weighted by molar-refractivity contribution is 0.213. The number of H-pyrrole nitrogens is 1. The van der Waals surface area contributed by atoms with Gasteiger partial charge in [0.1, 0.15) is 5.75 Å². The minimum Gasteiger partial charge on any atom is -0.489 e. The topological polar surface area (TPSA) is 69.4 Å². The van der Waals surface area contributed by atoms with E-state index in [0.717, 1.165) is 30.7 Å². The summed E-state index contributed by atoms with van der Waals surface area (Å²) < 4.78 is 5.95. The maximum Gasteiger partial charge on any atom is 0.323 e. The molecule has 6 heteroatoms. The molecule has 1 saturated heterocycles. The van der Waals surface area contributed by atoms with Gasteiger partial charge in [-0.2, -0.15) is 0 Å². The van der Waals surface area contributed by atoms with Crippen LogP contribution in [0.25, 0.3) is 10.9 Å². The summed E-state index contributed by atoms with van der Waals surface area (Å²) in [5.74, 6) is 1.24. The molecule has 2 aromatic carbocycles. The zero-order chi connectivity index (χ0) is 23.2. The van der Waals surface area contributed by atoms with E-state index in [-0.39, 0.29) is 12.1 Å². The second-order valence-electron chi connectivity index (χ2n) is 9.03. The van der Waals surface area contributed by atoms with Crippen LogP contribution in [0.4, 0.5) is 16.2 Å². The van der Waals surface area contributed by atoms with E-state index in [1.165, 1.54) is 36.8 Å². The molecule has 1 unspecified atom stereocenters. The van der Waals surface area contributed by atoms with Gasteiger partial charge in [0.15, 0.2) is 0 Å². The van der Waals surface area contributed by atoms with Gasteiger partial charge in [-0.1, -0.05) is 26.0 Å². The third kappa shape index (κ3) is 5.69. The third-order valence-corrected chi connectivity index (χ3v) is 6.58. The molecule has 1 atom stereocenters. The molecule has 0 radical (unpaired) electrons. The number of piperidine rings is 1. The Morgan fingerprint density at radius 3 is 2.70 bits per heavy atom. The Bertz CT molecular complexity index is 1070. The molecule has 1 aliphatic heterocycles. The molecule has 3 aromatic rings. The molecule has 33 heavy (non-hydrogen) atoms. The van der Waals surface area contributed by atoms with Crippen LogP contribution in [0.15, 0.2) is 48.7 Å². The van der Waals surface area contributed by atoms with Crippen LogP contribution in [-0.2, 0) is 0 Å². The lowest BCUT2D eigenvalue weighted by atomic mass is 9.89. The van der Waals surface area contributed by atoms with Crippen LogP contribution < -0.4 is 15.4 Å². The maximum absolute atomic E-state index is 12.8. The number of nitrogens with zero attached hydrogens (tertiary/aromatic N) is 1. The number of anilines is 2. The highest BCUT2D eigenvalue weighted by molar-refractivity contribution is 6.02. The molecule has 0 saturated carbocycles. The molecular weight excluding hydrogens is 412 g/mol. The number of ether oxygens (including phenoxy) is 1. The monoisotopic (exact) mass is 448 g/mol. The molecule has 1 aromatic heterocycles. The molecule has 0 aliphatic carbocycles. The van der Waals surface area contributed by atoms with Crippen LogP contribution in [0.3, 0.4) is 0 Å². The van der Waals surface area contributed by atoms with Crippen LogP contribution in [0.5, 0.6) is 5.75 Å². The number of hydrogen-bond acceptors (Lipinski definition) is 3. The first-order chi connectivity index (χ1) is 16.1. The number of likely N-dealkylation sites (tertiary alicyclic amines) is 1. The minimum absolute atomic E-state index is 0.0827. The van der Waals surface area contributed by atoms with Crippen molar-refractivity contribution in [3.8, 4) is 5.75 Å². The fourth-order valence-corrected chi connectivity index (χ4v) is 4.60. The van der Waals surface area contributed by atoms with Gasteiger partial charge in [0.2, 0.25) is 0 Å². The number of aromatic amines is 1. The van der Waals surface area contributed by atoms with Crippen molar-refractivity contribution in [3.63, 3.8) is 0 Å². The highest BCUT2D eigenvalue weighted by Crippen LogP contribution is 2.34. The smallest absolute Gasteiger partial charge is 0.323 e. The van der Waals surface area contributed by atoms with E-state index in [1.807, 2.05) is 43.3 Å². The number of hydrogen-bond donors (Lipinski definition) is 3. The van der Waals surface area contributed by atoms with E-state index in [9.17, 15) is 4.79 Å². The third-order valence-electron chi connectivity index (χ3n) is 6.58. The molecule has 1 fully saturated rings. The number of carbonyl (C=O) groups is 1. The normalized spacial score (nSPS) is 16.0. The molecule has 6 nitrogen and oxygen atoms in total. The van der Waals surface area contributed by atoms with Crippen LogP contribution in [0.2, 0.25) is 0 Å². The first-order valence-electron chi connectivity index (χ1n) is 12.2. The summed E-state index contributed by atoms with van der Waals surface area (Å²) in [7, 11) is 0. The zero-order valence-electron chi connectivity index (χ0n) is 20.0. The molecule has 0 spiro atoms. The molecular formula is C27H36N4O2. The van der Waals surface area contributed by atoms with E-state index in [1.54, 1.807) is 0 Å². The second-order valence-corrected chi connectivity index (χ2v) is 9.03. The first-order valence-corrected chi connectivity index (χ1v) is 12.2. The second kappa shape index (κ2) is 10.8. The molecule has 0 bridgehead atoms. The van der Waals surface area contributed by atoms with Crippen molar-refractivity contribution in [1.29, 1.82) is 0 Å². The summed E-state index contributed by atoms with van der Waals surface area (Å²) in [4.78, 5) is 18.7. The predicted octanol–water partition coefficient (Wildman–Crippen LogP) is 6.58. The summed E-state index contributed by atoms with van der Waals surface area (Å²) in [6.07, 6.45) is 6.70. The Hall–Kier alpha value is -2.99. The molecule has 2 heterocycles. The number of amides is 2. The molecule has 3 N–H and O–H groups in total. The van der Waals surface area contributed by atoms with Gasteiger partial charge in [0.25, 0.3) is 0 Å². The van der Waals surface area contributed by atoms with Gasteiger partial charge in [-0.05, 0) is 94.1 Å². The lowest BCUT2D eigenvalue weighted by Crippen LogP contribution is -2.33. The van der Waals surface area contributed by atoms with Crippen molar-refractivity contribution in [3.05, 3.63) is 54.2 Å². The standard InChI is InChI=1S/C27H36N4O2/c1-4-14-31-15-12-20(13-16-31)23-18-28-24-11-10-21(17-22(23)24)29-27(32)30-25-8-6-7-9-26(25)33-19(3)5-2/h6-11,17-20,28H,4-5,12-16H2,1-3H3,(H2,29,30,32). The number of para-hydroxylation sites is 2. The highest BCUT2D eigenvalue weighted by atomic mass is 16.5. The quantitative estimate of drug-likeness (QED) is 0.365. The Kier molecular flexibility index (Phi) is 7.55. The summed E-state index contributed by atoms with van der Waals surface area (Å²) >= 11 is 0. The van der Waals surface area contributed by atoms with E-state index < -0.39 is 0 Å². The number of nitrogens with one attached hydrogen (secondary N) is 3. The van der Waals surface area contributed by atoms with Crippen molar-refractivity contribution in [2.45, 2.75) is 58.5 Å². The van der Waals surface area contributed by atoms with Crippen LogP contribution in [0, 0.1) is 0 Å². The molecule has 1 aliphatic rings. The summed E-state index contributed by atoms with van der Waals surface area (Å²) in [6, 6.07) is 13.3. The maximum atomic E-state index is 12.8. The summed E-state index contributed by atoms with van der Waals surface area (Å²) in [6.45, 7) is 9.85. The van der Waals surface area contributed by atoms with Crippen molar-refractivity contribution in [2.75, 3.05) is 30.3 Å². The lowest BCUT2D eigenvalue weighted by Gasteiger charge is -2.31. The van der Waals surface area contributed by atoms with Crippen molar-refractivity contribution < 1.29 is 9.53 Å². The average molecular weight is 449 g/mol. The fraction of sp³-hybridized carbons (Fsp3) is 0.444. The van der Waals surface area contributed by atoms with E-state index in [0.29, 0.717) is 17.4 Å². The van der Waals surface area contributed by atoms with Gasteiger partial charge in [-0.3, -0.25) is 0 Å². The number of fused-ring (bicyclic) bond motifs is 1. The van der Waals surface area contributed by atoms with Gasteiger partial charge in [0, 0.05) is 22.8 Å². The largest absolute Gasteiger partial charge is 0.489 e. The van der Waals surface area contributed by atoms with Crippen molar-refractivity contribution >= 4 is 28.3 Å². The Morgan fingerprint density at radius 2 is 1.94 bits per heavy atom. The fourth-order valence-electron chi connectivity index (χ4n) is 4.60. The Balaban J connectivity index is 1.44. The first kappa shape index (κ1) is 23.2. The Morgan fingerprint density at radius 1 is 1.15 bits per heavy atom. The number of urea groups is 1. The molecule has 4 rings (SSSR count). The van der Waals surface area contributed by atoms with Crippen LogP contribution >= 0.6 is 0 Å². The highest BCUT2D eigenvalue weighted by Gasteiger charge is 2.22. The number of aromatic nitrogens is 1. The van der Waals surface area contributed by atoms with Gasteiger partial charge in [-0.15, -0.1) is 0 Å². The molecule has 176 valence electrons. The van der Waals surface area contributed by atoms with Gasteiger partial charge < -0.3 is 25.3 Å². The van der Waals surface area contributed by atoms with Gasteiger partial charge in [0.05, 0.1) is 11.8 Å². The SMILES string of the molecule is CCCN1CCC(c2c[nH]c3ccc(NC(=O)Nc4ccccc4OC(C)CC)cc23)CC1. The Labute approximate surface area is 196 Å². The van der Waals surface area contributed by atoms with Gasteiger partial charge >= 0.3 is 6.03 Å². The average Bonchev–Trinajstić information content (AvgIpc) is 3.24. The van der Waals surface area contributed by atoms with Crippen LogP contribution in [-0.4, -0.2) is 41.7 Å². The number of benzene rings is 2.